The number of likely N-dealkylation sites (tertiary alicyclic amines) is 1. The van der Waals surface area contributed by atoms with E-state index in [4.69, 9.17) is 0 Å². The van der Waals surface area contributed by atoms with Gasteiger partial charge in [-0.1, -0.05) is 12.1 Å². The minimum absolute atomic E-state index is 0.0554. The second kappa shape index (κ2) is 6.73. The van der Waals surface area contributed by atoms with Gasteiger partial charge in [0, 0.05) is 26.1 Å². The van der Waals surface area contributed by atoms with Gasteiger partial charge in [-0.2, -0.15) is 0 Å². The number of thiazole rings is 1. The highest BCUT2D eigenvalue weighted by Crippen LogP contribution is 2.21. The summed E-state index contributed by atoms with van der Waals surface area (Å²) in [6.45, 7) is 2.02. The third-order valence-corrected chi connectivity index (χ3v) is 5.19. The smallest absolute Gasteiger partial charge is 0.227 e. The molecule has 22 heavy (non-hydrogen) atoms. The highest BCUT2D eigenvalue weighted by atomic mass is 32.1. The van der Waals surface area contributed by atoms with Crippen molar-refractivity contribution in [1.29, 1.82) is 0 Å². The van der Waals surface area contributed by atoms with Crippen molar-refractivity contribution in [2.45, 2.75) is 18.9 Å². The number of aromatic nitrogens is 1. The van der Waals surface area contributed by atoms with Crippen LogP contribution in [0.3, 0.4) is 0 Å². The summed E-state index contributed by atoms with van der Waals surface area (Å²) >= 11 is 1.67. The minimum Gasteiger partial charge on any atom is -0.392 e. The van der Waals surface area contributed by atoms with Crippen LogP contribution in [0.5, 0.6) is 0 Å². The molecule has 1 aliphatic rings. The van der Waals surface area contributed by atoms with Crippen LogP contribution in [0, 0.1) is 5.92 Å². The first-order valence-electron chi connectivity index (χ1n) is 7.62. The van der Waals surface area contributed by atoms with Crippen molar-refractivity contribution in [3.63, 3.8) is 0 Å². The number of rotatable bonds is 4. The highest BCUT2D eigenvalue weighted by Gasteiger charge is 2.31. The lowest BCUT2D eigenvalue weighted by Gasteiger charge is -2.32. The first kappa shape index (κ1) is 15.4. The van der Waals surface area contributed by atoms with E-state index >= 15 is 0 Å². The van der Waals surface area contributed by atoms with E-state index in [1.54, 1.807) is 11.3 Å². The fourth-order valence-electron chi connectivity index (χ4n) is 2.81. The number of nitrogens with zero attached hydrogens (tertiary/aromatic N) is 2. The normalized spacial score (nSPS) is 22.8. The van der Waals surface area contributed by atoms with E-state index in [1.165, 1.54) is 4.70 Å². The van der Waals surface area contributed by atoms with Crippen molar-refractivity contribution in [2.24, 2.45) is 5.92 Å². The molecule has 0 bridgehead atoms. The van der Waals surface area contributed by atoms with Crippen molar-refractivity contribution in [3.8, 4) is 0 Å². The van der Waals surface area contributed by atoms with E-state index in [0.717, 1.165) is 23.5 Å². The van der Waals surface area contributed by atoms with Gasteiger partial charge in [-0.15, -0.1) is 11.3 Å². The number of hydrogen-bond acceptors (Lipinski definition) is 5. The molecule has 0 saturated carbocycles. The van der Waals surface area contributed by atoms with Crippen LogP contribution < -0.4 is 5.32 Å². The average molecular weight is 319 g/mol. The lowest BCUT2D eigenvalue weighted by Crippen LogP contribution is -2.49. The summed E-state index contributed by atoms with van der Waals surface area (Å²) in [5.74, 6) is -0.380. The summed E-state index contributed by atoms with van der Waals surface area (Å²) in [5, 5.41) is 13.9. The van der Waals surface area contributed by atoms with Gasteiger partial charge in [0.05, 0.1) is 27.2 Å². The van der Waals surface area contributed by atoms with Gasteiger partial charge in [0.2, 0.25) is 5.91 Å². The Morgan fingerprint density at radius 2 is 2.32 bits per heavy atom. The molecule has 1 aliphatic heterocycles. The molecule has 0 spiro atoms. The molecule has 2 aromatic rings. The molecular weight excluding hydrogens is 298 g/mol. The molecule has 1 saturated heterocycles. The van der Waals surface area contributed by atoms with Gasteiger partial charge in [-0.05, 0) is 25.6 Å². The Morgan fingerprint density at radius 1 is 1.50 bits per heavy atom. The van der Waals surface area contributed by atoms with Crippen molar-refractivity contribution in [1.82, 2.24) is 15.2 Å². The Bertz CT molecular complexity index is 625. The van der Waals surface area contributed by atoms with E-state index in [0.29, 0.717) is 19.5 Å². The predicted octanol–water partition coefficient (Wildman–Crippen LogP) is 1.27. The van der Waals surface area contributed by atoms with Crippen LogP contribution in [0.15, 0.2) is 24.3 Å². The molecule has 5 nitrogen and oxygen atoms in total. The Balaban J connectivity index is 1.52. The summed E-state index contributed by atoms with van der Waals surface area (Å²) in [5.41, 5.74) is 1.01. The summed E-state index contributed by atoms with van der Waals surface area (Å²) in [6, 6.07) is 8.05. The molecule has 2 N–H and O–H groups in total. The quantitative estimate of drug-likeness (QED) is 0.891. The fourth-order valence-corrected chi connectivity index (χ4v) is 3.78. The molecule has 1 amide bonds. The number of para-hydroxylation sites is 1. The van der Waals surface area contributed by atoms with Crippen LogP contribution in [0.1, 0.15) is 11.4 Å². The van der Waals surface area contributed by atoms with Gasteiger partial charge >= 0.3 is 0 Å². The molecule has 1 fully saturated rings. The maximum absolute atomic E-state index is 12.2. The molecule has 0 unspecified atom stereocenters. The van der Waals surface area contributed by atoms with Crippen LogP contribution in [-0.2, 0) is 11.2 Å². The number of hydrogen-bond donors (Lipinski definition) is 2. The molecular formula is C16H21N3O2S. The van der Waals surface area contributed by atoms with E-state index in [-0.39, 0.29) is 11.8 Å². The molecule has 2 atom stereocenters. The van der Waals surface area contributed by atoms with Gasteiger partial charge in [0.1, 0.15) is 0 Å². The van der Waals surface area contributed by atoms with E-state index < -0.39 is 6.10 Å². The number of carbonyl (C=O) groups is 1. The second-order valence-electron chi connectivity index (χ2n) is 5.84. The highest BCUT2D eigenvalue weighted by molar-refractivity contribution is 7.18. The molecule has 2 heterocycles. The summed E-state index contributed by atoms with van der Waals surface area (Å²) < 4.78 is 1.17. The molecule has 1 aromatic heterocycles. The van der Waals surface area contributed by atoms with E-state index in [2.05, 4.69) is 21.3 Å². The molecule has 0 aliphatic carbocycles. The fraction of sp³-hybridized carbons (Fsp3) is 0.500. The monoisotopic (exact) mass is 319 g/mol. The minimum atomic E-state index is -0.529. The van der Waals surface area contributed by atoms with Gasteiger partial charge in [-0.3, -0.25) is 4.79 Å². The van der Waals surface area contributed by atoms with Gasteiger partial charge in [0.15, 0.2) is 0 Å². The summed E-state index contributed by atoms with van der Waals surface area (Å²) in [4.78, 5) is 18.8. The first-order valence-corrected chi connectivity index (χ1v) is 8.44. The molecule has 0 radical (unpaired) electrons. The summed E-state index contributed by atoms with van der Waals surface area (Å²) in [7, 11) is 1.98. The van der Waals surface area contributed by atoms with E-state index in [1.807, 2.05) is 25.2 Å². The van der Waals surface area contributed by atoms with Gasteiger partial charge < -0.3 is 15.3 Å². The molecule has 6 heteroatoms. The third kappa shape index (κ3) is 3.45. The molecule has 1 aromatic carbocycles. The van der Waals surface area contributed by atoms with Crippen LogP contribution >= 0.6 is 11.3 Å². The topological polar surface area (TPSA) is 65.5 Å². The number of piperidine rings is 1. The SMILES string of the molecule is CN1CC[C@H](O)[C@H](C(=O)NCCc2nc3ccccc3s2)C1. The number of amides is 1. The lowest BCUT2D eigenvalue weighted by atomic mass is 9.94. The summed E-state index contributed by atoms with van der Waals surface area (Å²) in [6.07, 6.45) is 0.856. The average Bonchev–Trinajstić information content (AvgIpc) is 2.92. The van der Waals surface area contributed by atoms with Crippen LogP contribution in [0.2, 0.25) is 0 Å². The van der Waals surface area contributed by atoms with E-state index in [9.17, 15) is 9.90 Å². The standard InChI is InChI=1S/C16H21N3O2S/c1-19-9-7-13(20)11(10-19)16(21)17-8-6-15-18-12-4-2-3-5-14(12)22-15/h2-5,11,13,20H,6-10H2,1H3,(H,17,21)/t11-,13+/m1/s1. The zero-order valence-corrected chi connectivity index (χ0v) is 13.5. The Kier molecular flexibility index (Phi) is 4.71. The number of aliphatic hydroxyl groups is 1. The zero-order valence-electron chi connectivity index (χ0n) is 12.7. The van der Waals surface area contributed by atoms with Crippen molar-refractivity contribution in [2.75, 3.05) is 26.7 Å². The first-order chi connectivity index (χ1) is 10.6. The van der Waals surface area contributed by atoms with Crippen molar-refractivity contribution < 1.29 is 9.90 Å². The largest absolute Gasteiger partial charge is 0.392 e. The third-order valence-electron chi connectivity index (χ3n) is 4.09. The Hall–Kier alpha value is -1.50. The number of nitrogens with one attached hydrogen (secondary N) is 1. The zero-order chi connectivity index (χ0) is 15.5. The van der Waals surface area contributed by atoms with Crippen molar-refractivity contribution in [3.05, 3.63) is 29.3 Å². The number of carbonyl (C=O) groups excluding carboxylic acids is 1. The van der Waals surface area contributed by atoms with Crippen molar-refractivity contribution >= 4 is 27.5 Å². The lowest BCUT2D eigenvalue weighted by molar-refractivity contribution is -0.131. The maximum Gasteiger partial charge on any atom is 0.227 e. The Morgan fingerprint density at radius 3 is 3.14 bits per heavy atom. The second-order valence-corrected chi connectivity index (χ2v) is 6.96. The maximum atomic E-state index is 12.2. The Labute approximate surface area is 134 Å². The van der Waals surface area contributed by atoms with Crippen LogP contribution in [-0.4, -0.2) is 53.7 Å². The molecule has 3 rings (SSSR count). The number of aliphatic hydroxyl groups excluding tert-OH is 1. The van der Waals surface area contributed by atoms with Gasteiger partial charge in [0.25, 0.3) is 0 Å². The predicted molar refractivity (Wildman–Crippen MR) is 87.9 cm³/mol. The van der Waals surface area contributed by atoms with Gasteiger partial charge in [-0.25, -0.2) is 4.98 Å². The molecule has 118 valence electrons. The van der Waals surface area contributed by atoms with Crippen LogP contribution in [0.4, 0.5) is 0 Å². The number of benzene rings is 1. The van der Waals surface area contributed by atoms with Crippen LogP contribution in [0.25, 0.3) is 10.2 Å². The number of fused-ring (bicyclic) bond motifs is 1.